The maximum Gasteiger partial charge on any atom is 0.242 e. The molecule has 23 heavy (non-hydrogen) atoms. The van der Waals surface area contributed by atoms with Crippen molar-refractivity contribution in [3.63, 3.8) is 0 Å². The minimum Gasteiger partial charge on any atom is -0.393 e. The van der Waals surface area contributed by atoms with E-state index in [0.717, 1.165) is 50.5 Å². The Morgan fingerprint density at radius 1 is 1.04 bits per heavy atom. The van der Waals surface area contributed by atoms with Crippen LogP contribution in [0.25, 0.3) is 0 Å². The van der Waals surface area contributed by atoms with Crippen LogP contribution in [-0.2, 0) is 10.0 Å². The zero-order valence-corrected chi connectivity index (χ0v) is 15.5. The normalized spacial score (nSPS) is 13.4. The van der Waals surface area contributed by atoms with Crippen LogP contribution >= 0.6 is 0 Å². The molecule has 1 atom stereocenters. The maximum absolute atomic E-state index is 12.4. The Morgan fingerprint density at radius 3 is 2.26 bits per heavy atom. The molecule has 1 aromatic carbocycles. The molecule has 0 aliphatic carbocycles. The number of aliphatic hydroxyl groups is 1. The van der Waals surface area contributed by atoms with Gasteiger partial charge >= 0.3 is 0 Å². The summed E-state index contributed by atoms with van der Waals surface area (Å²) < 4.78 is 26.3. The number of aliphatic hydroxyl groups excluding tert-OH is 1. The number of rotatable bonds is 11. The zero-order valence-electron chi connectivity index (χ0n) is 14.7. The molecule has 0 amide bonds. The summed E-state index contributed by atoms with van der Waals surface area (Å²) in [7, 11) is -1.76. The summed E-state index contributed by atoms with van der Waals surface area (Å²) in [5, 5.41) is 9.78. The fraction of sp³-hybridized carbons (Fsp3) is 0.667. The van der Waals surface area contributed by atoms with Crippen LogP contribution in [0.3, 0.4) is 0 Å². The van der Waals surface area contributed by atoms with E-state index in [1.807, 2.05) is 19.1 Å². The molecule has 0 radical (unpaired) electrons. The molecule has 0 bridgehead atoms. The number of benzene rings is 1. The van der Waals surface area contributed by atoms with Gasteiger partial charge in [0.05, 0.1) is 11.0 Å². The molecule has 0 spiro atoms. The molecule has 0 fully saturated rings. The van der Waals surface area contributed by atoms with E-state index in [0.29, 0.717) is 11.4 Å². The van der Waals surface area contributed by atoms with Crippen molar-refractivity contribution in [2.24, 2.45) is 0 Å². The summed E-state index contributed by atoms with van der Waals surface area (Å²) in [4.78, 5) is 0.348. The van der Waals surface area contributed by atoms with Crippen molar-refractivity contribution in [1.82, 2.24) is 4.31 Å². The number of unbranched alkanes of at least 4 members (excludes halogenated alkanes) is 3. The first kappa shape index (κ1) is 20.1. The van der Waals surface area contributed by atoms with Gasteiger partial charge in [0.1, 0.15) is 0 Å². The summed E-state index contributed by atoms with van der Waals surface area (Å²) in [6, 6.07) is 6.95. The minimum absolute atomic E-state index is 0.205. The molecule has 0 heterocycles. The second-order valence-electron chi connectivity index (χ2n) is 6.29. The molecule has 1 N–H and O–H groups in total. The van der Waals surface area contributed by atoms with E-state index in [1.165, 1.54) is 4.31 Å². The standard InChI is InChI=1S/C18H31NO3S/c1-4-5-9-17(20)10-7-6-8-15-19(3)23(21,22)18-13-11-16(2)12-14-18/h11-14,17,20H,4-10,15H2,1-3H3. The summed E-state index contributed by atoms with van der Waals surface area (Å²) in [5.41, 5.74) is 1.05. The fourth-order valence-electron chi connectivity index (χ4n) is 2.49. The summed E-state index contributed by atoms with van der Waals surface area (Å²) >= 11 is 0. The summed E-state index contributed by atoms with van der Waals surface area (Å²) in [6.45, 7) is 4.58. The van der Waals surface area contributed by atoms with E-state index in [9.17, 15) is 13.5 Å². The molecule has 0 saturated heterocycles. The van der Waals surface area contributed by atoms with Crippen LogP contribution in [-0.4, -0.2) is 37.5 Å². The average molecular weight is 342 g/mol. The number of hydrogen-bond acceptors (Lipinski definition) is 3. The average Bonchev–Trinajstić information content (AvgIpc) is 2.52. The third-order valence-corrected chi connectivity index (χ3v) is 6.00. The Bertz CT molecular complexity index is 540. The van der Waals surface area contributed by atoms with Crippen molar-refractivity contribution < 1.29 is 13.5 Å². The number of hydrogen-bond donors (Lipinski definition) is 1. The van der Waals surface area contributed by atoms with Crippen LogP contribution in [0.15, 0.2) is 29.2 Å². The highest BCUT2D eigenvalue weighted by atomic mass is 32.2. The second-order valence-corrected chi connectivity index (χ2v) is 8.33. The lowest BCUT2D eigenvalue weighted by atomic mass is 10.1. The van der Waals surface area contributed by atoms with E-state index >= 15 is 0 Å². The van der Waals surface area contributed by atoms with Gasteiger partial charge in [-0.2, -0.15) is 0 Å². The van der Waals surface area contributed by atoms with Gasteiger partial charge in [-0.15, -0.1) is 0 Å². The summed E-state index contributed by atoms with van der Waals surface area (Å²) in [5.74, 6) is 0. The fourth-order valence-corrected chi connectivity index (χ4v) is 3.70. The van der Waals surface area contributed by atoms with Crippen LogP contribution in [0, 0.1) is 6.92 Å². The van der Waals surface area contributed by atoms with Crippen LogP contribution in [0.2, 0.25) is 0 Å². The monoisotopic (exact) mass is 341 g/mol. The molecule has 0 aliphatic rings. The van der Waals surface area contributed by atoms with Gasteiger partial charge in [-0.05, 0) is 38.3 Å². The SMILES string of the molecule is CCCCC(O)CCCCCN(C)S(=O)(=O)c1ccc(C)cc1. The molecular weight excluding hydrogens is 310 g/mol. The zero-order chi connectivity index (χ0) is 17.3. The third kappa shape index (κ3) is 7.02. The van der Waals surface area contributed by atoms with Crippen molar-refractivity contribution in [2.45, 2.75) is 69.8 Å². The van der Waals surface area contributed by atoms with Crippen molar-refractivity contribution >= 4 is 10.0 Å². The van der Waals surface area contributed by atoms with E-state index in [-0.39, 0.29) is 6.10 Å². The summed E-state index contributed by atoms with van der Waals surface area (Å²) in [6.07, 6.45) is 6.37. The van der Waals surface area contributed by atoms with Gasteiger partial charge in [0, 0.05) is 13.6 Å². The molecule has 1 unspecified atom stereocenters. The molecule has 1 rings (SSSR count). The van der Waals surface area contributed by atoms with Gasteiger partial charge in [-0.3, -0.25) is 0 Å². The Balaban J connectivity index is 2.33. The Labute approximate surface area is 141 Å². The lowest BCUT2D eigenvalue weighted by Crippen LogP contribution is -2.28. The van der Waals surface area contributed by atoms with Crippen LogP contribution < -0.4 is 0 Å². The molecule has 4 nitrogen and oxygen atoms in total. The predicted octanol–water partition coefficient (Wildman–Crippen LogP) is 3.73. The molecule has 1 aromatic rings. The number of nitrogens with zero attached hydrogens (tertiary/aromatic N) is 1. The van der Waals surface area contributed by atoms with Gasteiger partial charge in [0.15, 0.2) is 0 Å². The Kier molecular flexibility index (Phi) is 8.81. The topological polar surface area (TPSA) is 57.6 Å². The first-order valence-corrected chi connectivity index (χ1v) is 10.0. The van der Waals surface area contributed by atoms with Crippen LogP contribution in [0.4, 0.5) is 0 Å². The molecule has 132 valence electrons. The second kappa shape index (κ2) is 10.1. The highest BCUT2D eigenvalue weighted by Gasteiger charge is 2.19. The van der Waals surface area contributed by atoms with Gasteiger partial charge in [-0.25, -0.2) is 12.7 Å². The van der Waals surface area contributed by atoms with E-state index in [2.05, 4.69) is 6.92 Å². The highest BCUT2D eigenvalue weighted by molar-refractivity contribution is 7.89. The van der Waals surface area contributed by atoms with Gasteiger partial charge < -0.3 is 5.11 Å². The largest absolute Gasteiger partial charge is 0.393 e. The van der Waals surface area contributed by atoms with Crippen LogP contribution in [0.1, 0.15) is 57.4 Å². The smallest absolute Gasteiger partial charge is 0.242 e. The first-order valence-electron chi connectivity index (χ1n) is 8.59. The lowest BCUT2D eigenvalue weighted by Gasteiger charge is -2.17. The predicted molar refractivity (Wildman–Crippen MR) is 95.0 cm³/mol. The molecule has 5 heteroatoms. The van der Waals surface area contributed by atoms with Crippen molar-refractivity contribution in [3.8, 4) is 0 Å². The van der Waals surface area contributed by atoms with Crippen molar-refractivity contribution in [3.05, 3.63) is 29.8 Å². The Morgan fingerprint density at radius 2 is 1.65 bits per heavy atom. The van der Waals surface area contributed by atoms with Gasteiger partial charge in [-0.1, -0.05) is 50.3 Å². The van der Waals surface area contributed by atoms with Gasteiger partial charge in [0.25, 0.3) is 0 Å². The first-order chi connectivity index (χ1) is 10.9. The van der Waals surface area contributed by atoms with Crippen molar-refractivity contribution in [1.29, 1.82) is 0 Å². The maximum atomic E-state index is 12.4. The van der Waals surface area contributed by atoms with Gasteiger partial charge in [0.2, 0.25) is 10.0 Å². The quantitative estimate of drug-likeness (QED) is 0.624. The molecule has 0 saturated carbocycles. The minimum atomic E-state index is -3.39. The molecular formula is C18H31NO3S. The number of sulfonamides is 1. The van der Waals surface area contributed by atoms with E-state index in [1.54, 1.807) is 19.2 Å². The van der Waals surface area contributed by atoms with Crippen molar-refractivity contribution in [2.75, 3.05) is 13.6 Å². The number of aryl methyl sites for hydroxylation is 1. The van der Waals surface area contributed by atoms with E-state index in [4.69, 9.17) is 0 Å². The highest BCUT2D eigenvalue weighted by Crippen LogP contribution is 2.16. The molecule has 0 aliphatic heterocycles. The van der Waals surface area contributed by atoms with E-state index < -0.39 is 10.0 Å². The molecule has 0 aromatic heterocycles. The van der Waals surface area contributed by atoms with Crippen LogP contribution in [0.5, 0.6) is 0 Å². The third-order valence-electron chi connectivity index (χ3n) is 4.13. The lowest BCUT2D eigenvalue weighted by molar-refractivity contribution is 0.148. The Hall–Kier alpha value is -0.910.